The SMILES string of the molecule is Cn1cnc(-c2nc(Cl)nc(N)c2Cl)c1. The second kappa shape index (κ2) is 3.67. The summed E-state index contributed by atoms with van der Waals surface area (Å²) >= 11 is 11.6. The van der Waals surface area contributed by atoms with E-state index in [1.54, 1.807) is 17.1 Å². The molecule has 0 radical (unpaired) electrons. The maximum Gasteiger partial charge on any atom is 0.225 e. The lowest BCUT2D eigenvalue weighted by Crippen LogP contribution is -1.97. The molecule has 0 amide bonds. The molecule has 2 aromatic heterocycles. The van der Waals surface area contributed by atoms with E-state index in [-0.39, 0.29) is 16.1 Å². The van der Waals surface area contributed by atoms with Crippen LogP contribution in [0.5, 0.6) is 0 Å². The van der Waals surface area contributed by atoms with Gasteiger partial charge in [0, 0.05) is 13.2 Å². The fourth-order valence-corrected chi connectivity index (χ4v) is 1.50. The fraction of sp³-hybridized carbons (Fsp3) is 0.125. The monoisotopic (exact) mass is 243 g/mol. The number of hydrogen-bond donors (Lipinski definition) is 1. The molecule has 0 spiro atoms. The summed E-state index contributed by atoms with van der Waals surface area (Å²) in [5, 5.41) is 0.315. The largest absolute Gasteiger partial charge is 0.382 e. The van der Waals surface area contributed by atoms with Gasteiger partial charge in [-0.25, -0.2) is 9.97 Å². The first-order valence-electron chi connectivity index (χ1n) is 4.05. The lowest BCUT2D eigenvalue weighted by Gasteiger charge is -2.02. The van der Waals surface area contributed by atoms with Gasteiger partial charge in [0.1, 0.15) is 22.2 Å². The van der Waals surface area contributed by atoms with Gasteiger partial charge in [0.2, 0.25) is 5.28 Å². The van der Waals surface area contributed by atoms with Gasteiger partial charge in [0.25, 0.3) is 0 Å². The van der Waals surface area contributed by atoms with Crippen LogP contribution in [0.4, 0.5) is 5.82 Å². The van der Waals surface area contributed by atoms with Crippen LogP contribution < -0.4 is 5.73 Å². The summed E-state index contributed by atoms with van der Waals surface area (Å²) in [5.41, 5.74) is 6.61. The van der Waals surface area contributed by atoms with Crippen LogP contribution >= 0.6 is 23.2 Å². The summed E-state index contributed by atoms with van der Waals surface area (Å²) in [5.74, 6) is 0.150. The maximum atomic E-state index is 5.95. The van der Waals surface area contributed by atoms with Gasteiger partial charge in [-0.1, -0.05) is 11.6 Å². The van der Waals surface area contributed by atoms with E-state index in [9.17, 15) is 0 Å². The number of aryl methyl sites for hydroxylation is 1. The summed E-state index contributed by atoms with van der Waals surface area (Å²) in [6.45, 7) is 0. The van der Waals surface area contributed by atoms with E-state index >= 15 is 0 Å². The highest BCUT2D eigenvalue weighted by atomic mass is 35.5. The maximum absolute atomic E-state index is 5.95. The number of hydrogen-bond acceptors (Lipinski definition) is 4. The van der Waals surface area contributed by atoms with Crippen molar-refractivity contribution in [3.8, 4) is 11.4 Å². The van der Waals surface area contributed by atoms with Gasteiger partial charge in [0.05, 0.1) is 6.33 Å². The molecule has 7 heteroatoms. The van der Waals surface area contributed by atoms with Crippen molar-refractivity contribution in [1.82, 2.24) is 19.5 Å². The van der Waals surface area contributed by atoms with Crippen LogP contribution in [0.1, 0.15) is 0 Å². The topological polar surface area (TPSA) is 69.6 Å². The smallest absolute Gasteiger partial charge is 0.225 e. The fourth-order valence-electron chi connectivity index (χ4n) is 1.14. The Bertz CT molecular complexity index is 508. The van der Waals surface area contributed by atoms with Crippen LogP contribution in [0.15, 0.2) is 12.5 Å². The standard InChI is InChI=1S/C8H7Cl2N5/c1-15-2-4(12-3-15)6-5(9)7(11)14-8(10)13-6/h2-3H,1H3,(H2,11,13,14). The van der Waals surface area contributed by atoms with Crippen LogP contribution in [-0.4, -0.2) is 19.5 Å². The van der Waals surface area contributed by atoms with E-state index in [4.69, 9.17) is 28.9 Å². The molecule has 0 aliphatic carbocycles. The summed E-state index contributed by atoms with van der Waals surface area (Å²) in [4.78, 5) is 11.8. The predicted molar refractivity (Wildman–Crippen MR) is 58.7 cm³/mol. The quantitative estimate of drug-likeness (QED) is 0.776. The number of rotatable bonds is 1. The lowest BCUT2D eigenvalue weighted by atomic mass is 10.3. The van der Waals surface area contributed by atoms with Crippen molar-refractivity contribution in [3.05, 3.63) is 22.8 Å². The predicted octanol–water partition coefficient (Wildman–Crippen LogP) is 1.77. The third-order valence-electron chi connectivity index (χ3n) is 1.80. The van der Waals surface area contributed by atoms with Crippen molar-refractivity contribution in [2.45, 2.75) is 0 Å². The number of nitrogen functional groups attached to an aromatic ring is 1. The van der Waals surface area contributed by atoms with Gasteiger partial charge in [0.15, 0.2) is 0 Å². The third kappa shape index (κ3) is 1.88. The van der Waals surface area contributed by atoms with Crippen LogP contribution in [0.3, 0.4) is 0 Å². The van der Waals surface area contributed by atoms with Gasteiger partial charge in [-0.2, -0.15) is 4.98 Å². The molecule has 0 saturated heterocycles. The minimum Gasteiger partial charge on any atom is -0.382 e. The number of nitrogens with two attached hydrogens (primary N) is 1. The lowest BCUT2D eigenvalue weighted by molar-refractivity contribution is 0.913. The van der Waals surface area contributed by atoms with Crippen LogP contribution in [-0.2, 0) is 7.05 Å². The molecule has 0 saturated carbocycles. The Morgan fingerprint density at radius 1 is 1.33 bits per heavy atom. The third-order valence-corrected chi connectivity index (χ3v) is 2.34. The van der Waals surface area contributed by atoms with Crippen LogP contribution in [0.25, 0.3) is 11.4 Å². The Kier molecular flexibility index (Phi) is 2.50. The highest BCUT2D eigenvalue weighted by molar-refractivity contribution is 6.35. The second-order valence-electron chi connectivity index (χ2n) is 2.96. The number of imidazole rings is 1. The van der Waals surface area contributed by atoms with Crippen molar-refractivity contribution in [3.63, 3.8) is 0 Å². The van der Waals surface area contributed by atoms with E-state index in [0.717, 1.165) is 0 Å². The Hall–Kier alpha value is -1.33. The van der Waals surface area contributed by atoms with Crippen LogP contribution in [0, 0.1) is 0 Å². The minimum absolute atomic E-state index is 0.0533. The zero-order valence-electron chi connectivity index (χ0n) is 7.78. The van der Waals surface area contributed by atoms with Crippen molar-refractivity contribution < 1.29 is 0 Å². The van der Waals surface area contributed by atoms with Gasteiger partial charge in [-0.05, 0) is 11.6 Å². The zero-order valence-corrected chi connectivity index (χ0v) is 9.29. The molecule has 78 valence electrons. The highest BCUT2D eigenvalue weighted by Crippen LogP contribution is 2.29. The molecule has 15 heavy (non-hydrogen) atoms. The molecule has 0 unspecified atom stereocenters. The van der Waals surface area contributed by atoms with Crippen molar-refractivity contribution >= 4 is 29.0 Å². The normalized spacial score (nSPS) is 10.6. The number of aromatic nitrogens is 4. The van der Waals surface area contributed by atoms with E-state index in [1.165, 1.54) is 0 Å². The average Bonchev–Trinajstić information content (AvgIpc) is 2.58. The molecule has 2 N–H and O–H groups in total. The average molecular weight is 244 g/mol. The Morgan fingerprint density at radius 2 is 2.07 bits per heavy atom. The molecule has 2 rings (SSSR count). The van der Waals surface area contributed by atoms with Gasteiger partial charge < -0.3 is 10.3 Å². The molecule has 0 aromatic carbocycles. The first-order chi connectivity index (χ1) is 7.08. The number of nitrogens with zero attached hydrogens (tertiary/aromatic N) is 4. The molecule has 0 atom stereocenters. The van der Waals surface area contributed by atoms with Gasteiger partial charge in [-0.3, -0.25) is 0 Å². The molecule has 2 heterocycles. The van der Waals surface area contributed by atoms with Crippen LogP contribution in [0.2, 0.25) is 10.3 Å². The summed E-state index contributed by atoms with van der Waals surface area (Å²) in [6, 6.07) is 0. The summed E-state index contributed by atoms with van der Waals surface area (Å²) < 4.78 is 1.78. The van der Waals surface area contributed by atoms with Crippen molar-refractivity contribution in [2.75, 3.05) is 5.73 Å². The minimum atomic E-state index is 0.0533. The van der Waals surface area contributed by atoms with E-state index < -0.39 is 0 Å². The summed E-state index contributed by atoms with van der Waals surface area (Å²) in [7, 11) is 1.84. The molecular formula is C8H7Cl2N5. The van der Waals surface area contributed by atoms with E-state index in [1.807, 2.05) is 7.05 Å². The van der Waals surface area contributed by atoms with E-state index in [0.29, 0.717) is 11.4 Å². The number of halogens is 2. The molecular weight excluding hydrogens is 237 g/mol. The van der Waals surface area contributed by atoms with Gasteiger partial charge >= 0.3 is 0 Å². The highest BCUT2D eigenvalue weighted by Gasteiger charge is 2.13. The van der Waals surface area contributed by atoms with Gasteiger partial charge in [-0.15, -0.1) is 0 Å². The molecule has 0 fully saturated rings. The van der Waals surface area contributed by atoms with Crippen molar-refractivity contribution in [2.24, 2.45) is 7.05 Å². The van der Waals surface area contributed by atoms with Crippen molar-refractivity contribution in [1.29, 1.82) is 0 Å². The Balaban J connectivity index is 2.62. The molecule has 2 aromatic rings. The molecule has 0 aliphatic rings. The Labute approximate surface area is 95.9 Å². The molecule has 0 aliphatic heterocycles. The zero-order chi connectivity index (χ0) is 11.0. The summed E-state index contributed by atoms with van der Waals surface area (Å²) in [6.07, 6.45) is 3.40. The van der Waals surface area contributed by atoms with E-state index in [2.05, 4.69) is 15.0 Å². The second-order valence-corrected chi connectivity index (χ2v) is 3.68. The Morgan fingerprint density at radius 3 is 2.67 bits per heavy atom. The molecule has 5 nitrogen and oxygen atoms in total. The first kappa shape index (κ1) is 10.2. The molecule has 0 bridgehead atoms. The first-order valence-corrected chi connectivity index (χ1v) is 4.80. The number of anilines is 1.